The lowest BCUT2D eigenvalue weighted by molar-refractivity contribution is 0.0735. The Morgan fingerprint density at radius 3 is 2.94 bits per heavy atom. The van der Waals surface area contributed by atoms with Gasteiger partial charge in [-0.3, -0.25) is 4.79 Å². The van der Waals surface area contributed by atoms with E-state index in [0.717, 1.165) is 23.9 Å². The third kappa shape index (κ3) is 2.26. The first-order chi connectivity index (χ1) is 8.56. The third-order valence-corrected chi connectivity index (χ3v) is 4.43. The molecule has 18 heavy (non-hydrogen) atoms. The normalized spacial score (nSPS) is 23.4. The van der Waals surface area contributed by atoms with E-state index in [2.05, 4.69) is 22.9 Å². The van der Waals surface area contributed by atoms with Crippen molar-refractivity contribution >= 4 is 21.8 Å². The Kier molecular flexibility index (Phi) is 3.95. The van der Waals surface area contributed by atoms with Crippen molar-refractivity contribution in [3.8, 4) is 5.75 Å². The van der Waals surface area contributed by atoms with Crippen LogP contribution in [0.3, 0.4) is 0 Å². The quantitative estimate of drug-likeness (QED) is 0.853. The summed E-state index contributed by atoms with van der Waals surface area (Å²) in [7, 11) is 0. The van der Waals surface area contributed by atoms with E-state index < -0.39 is 0 Å². The highest BCUT2D eigenvalue weighted by molar-refractivity contribution is 9.09. The molecule has 1 amide bonds. The Morgan fingerprint density at radius 2 is 2.28 bits per heavy atom. The topological polar surface area (TPSA) is 40.5 Å². The molecule has 1 aromatic rings. The van der Waals surface area contributed by atoms with Crippen LogP contribution in [0.4, 0.5) is 0 Å². The van der Waals surface area contributed by atoms with E-state index in [1.165, 1.54) is 0 Å². The Labute approximate surface area is 116 Å². The van der Waals surface area contributed by atoms with Crippen molar-refractivity contribution < 1.29 is 9.90 Å². The molecule has 2 rings (SSSR count). The fourth-order valence-corrected chi connectivity index (χ4v) is 3.47. The van der Waals surface area contributed by atoms with Gasteiger partial charge in [0.05, 0.1) is 5.56 Å². The van der Waals surface area contributed by atoms with Gasteiger partial charge in [-0.15, -0.1) is 0 Å². The van der Waals surface area contributed by atoms with Crippen LogP contribution in [0.2, 0.25) is 0 Å². The van der Waals surface area contributed by atoms with Crippen molar-refractivity contribution in [3.05, 3.63) is 29.3 Å². The number of phenolic OH excluding ortho intramolecular Hbond substituents is 1. The first-order valence-electron chi connectivity index (χ1n) is 6.21. The van der Waals surface area contributed by atoms with Crippen molar-refractivity contribution in [1.29, 1.82) is 0 Å². The number of amides is 1. The van der Waals surface area contributed by atoms with Crippen LogP contribution in [0.1, 0.15) is 29.3 Å². The number of benzene rings is 1. The van der Waals surface area contributed by atoms with Gasteiger partial charge in [0.1, 0.15) is 5.75 Å². The van der Waals surface area contributed by atoms with Crippen molar-refractivity contribution in [2.24, 2.45) is 5.92 Å². The van der Waals surface area contributed by atoms with Crippen LogP contribution in [0, 0.1) is 12.8 Å². The Bertz CT molecular complexity index is 461. The van der Waals surface area contributed by atoms with Crippen LogP contribution >= 0.6 is 15.9 Å². The van der Waals surface area contributed by atoms with E-state index in [4.69, 9.17) is 0 Å². The number of carbonyl (C=O) groups excluding carboxylic acids is 1. The van der Waals surface area contributed by atoms with Gasteiger partial charge >= 0.3 is 0 Å². The maximum Gasteiger partial charge on any atom is 0.257 e. The molecular weight excluding hydrogens is 294 g/mol. The van der Waals surface area contributed by atoms with Crippen molar-refractivity contribution in [3.63, 3.8) is 0 Å². The Balaban J connectivity index is 2.29. The van der Waals surface area contributed by atoms with Gasteiger partial charge in [-0.25, -0.2) is 0 Å². The first kappa shape index (κ1) is 13.4. The largest absolute Gasteiger partial charge is 0.507 e. The number of aryl methyl sites for hydroxylation is 1. The second-order valence-electron chi connectivity index (χ2n) is 4.96. The number of para-hydroxylation sites is 1. The highest BCUT2D eigenvalue weighted by Gasteiger charge is 2.34. The average Bonchev–Trinajstić information content (AvgIpc) is 2.73. The highest BCUT2D eigenvalue weighted by Crippen LogP contribution is 2.30. The van der Waals surface area contributed by atoms with Crippen LogP contribution in [0.15, 0.2) is 18.2 Å². The number of rotatable bonds is 2. The molecule has 0 aromatic heterocycles. The molecule has 1 N–H and O–H groups in total. The van der Waals surface area contributed by atoms with Crippen molar-refractivity contribution in [2.45, 2.75) is 26.3 Å². The first-order valence-corrected chi connectivity index (χ1v) is 7.34. The van der Waals surface area contributed by atoms with E-state index in [0.29, 0.717) is 11.5 Å². The van der Waals surface area contributed by atoms with Crippen LogP contribution < -0.4 is 0 Å². The predicted molar refractivity (Wildman–Crippen MR) is 75.2 cm³/mol. The van der Waals surface area contributed by atoms with E-state index in [1.807, 2.05) is 11.0 Å². The molecule has 1 aliphatic rings. The minimum atomic E-state index is -0.0648. The summed E-state index contributed by atoms with van der Waals surface area (Å²) >= 11 is 3.47. The molecule has 1 saturated heterocycles. The molecule has 3 nitrogen and oxygen atoms in total. The van der Waals surface area contributed by atoms with Gasteiger partial charge < -0.3 is 10.0 Å². The van der Waals surface area contributed by atoms with E-state index in [-0.39, 0.29) is 17.7 Å². The monoisotopic (exact) mass is 311 g/mol. The molecule has 0 bridgehead atoms. The summed E-state index contributed by atoms with van der Waals surface area (Å²) in [4.78, 5) is 14.3. The van der Waals surface area contributed by atoms with Crippen molar-refractivity contribution in [1.82, 2.24) is 4.90 Å². The van der Waals surface area contributed by atoms with Gasteiger partial charge in [-0.2, -0.15) is 0 Å². The van der Waals surface area contributed by atoms with E-state index >= 15 is 0 Å². The van der Waals surface area contributed by atoms with Gasteiger partial charge in [0.25, 0.3) is 5.91 Å². The molecule has 98 valence electrons. The number of aromatic hydroxyl groups is 1. The summed E-state index contributed by atoms with van der Waals surface area (Å²) in [6.45, 7) is 4.74. The molecule has 1 heterocycles. The molecule has 0 aliphatic carbocycles. The lowest BCUT2D eigenvalue weighted by Crippen LogP contribution is -2.38. The van der Waals surface area contributed by atoms with Crippen LogP contribution in [-0.4, -0.2) is 33.8 Å². The summed E-state index contributed by atoms with van der Waals surface area (Å²) in [6, 6.07) is 5.53. The van der Waals surface area contributed by atoms with Gasteiger partial charge in [-0.1, -0.05) is 35.0 Å². The molecule has 4 heteroatoms. The standard InChI is InChI=1S/C14H18BrNO2/c1-9-6-7-16(12(9)8-15)14(18)11-5-3-4-10(2)13(11)17/h3-5,9,12,17H,6-8H2,1-2H3. The molecule has 0 saturated carbocycles. The minimum Gasteiger partial charge on any atom is -0.507 e. The lowest BCUT2D eigenvalue weighted by Gasteiger charge is -2.25. The highest BCUT2D eigenvalue weighted by atomic mass is 79.9. The maximum atomic E-state index is 12.5. The summed E-state index contributed by atoms with van der Waals surface area (Å²) in [5, 5.41) is 10.8. The lowest BCUT2D eigenvalue weighted by atomic mass is 10.0. The molecule has 1 fully saturated rings. The van der Waals surface area contributed by atoms with Gasteiger partial charge in [-0.05, 0) is 30.9 Å². The third-order valence-electron chi connectivity index (χ3n) is 3.77. The SMILES string of the molecule is Cc1cccc(C(=O)N2CCC(C)C2CBr)c1O. The molecule has 2 unspecified atom stereocenters. The summed E-state index contributed by atoms with van der Waals surface area (Å²) in [6.07, 6.45) is 1.02. The molecule has 1 aromatic carbocycles. The number of nitrogens with zero attached hydrogens (tertiary/aromatic N) is 1. The molecule has 0 radical (unpaired) electrons. The molecule has 1 aliphatic heterocycles. The van der Waals surface area contributed by atoms with Crippen LogP contribution in [-0.2, 0) is 0 Å². The summed E-state index contributed by atoms with van der Waals surface area (Å²) in [5.74, 6) is 0.542. The van der Waals surface area contributed by atoms with Gasteiger partial charge in [0.2, 0.25) is 0 Å². The number of hydrogen-bond donors (Lipinski definition) is 1. The van der Waals surface area contributed by atoms with Crippen LogP contribution in [0.5, 0.6) is 5.75 Å². The maximum absolute atomic E-state index is 12.5. The average molecular weight is 312 g/mol. The molecule has 2 atom stereocenters. The zero-order valence-corrected chi connectivity index (χ0v) is 12.3. The number of alkyl halides is 1. The smallest absolute Gasteiger partial charge is 0.257 e. The van der Waals surface area contributed by atoms with E-state index in [9.17, 15) is 9.90 Å². The van der Waals surface area contributed by atoms with E-state index in [1.54, 1.807) is 19.1 Å². The minimum absolute atomic E-state index is 0.0648. The summed E-state index contributed by atoms with van der Waals surface area (Å²) in [5.41, 5.74) is 1.15. The fourth-order valence-electron chi connectivity index (χ4n) is 2.48. The molecular formula is C14H18BrNO2. The number of hydrogen-bond acceptors (Lipinski definition) is 2. The Morgan fingerprint density at radius 1 is 1.56 bits per heavy atom. The molecule has 0 spiro atoms. The summed E-state index contributed by atoms with van der Waals surface area (Å²) < 4.78 is 0. The second kappa shape index (κ2) is 5.31. The van der Waals surface area contributed by atoms with Crippen LogP contribution in [0.25, 0.3) is 0 Å². The predicted octanol–water partition coefficient (Wildman–Crippen LogP) is 2.95. The number of halogens is 1. The zero-order valence-electron chi connectivity index (χ0n) is 10.7. The van der Waals surface area contributed by atoms with Gasteiger partial charge in [0, 0.05) is 17.9 Å². The number of phenols is 1. The number of likely N-dealkylation sites (tertiary alicyclic amines) is 1. The Hall–Kier alpha value is -1.03. The zero-order chi connectivity index (χ0) is 13.3. The van der Waals surface area contributed by atoms with Crippen molar-refractivity contribution in [2.75, 3.05) is 11.9 Å². The van der Waals surface area contributed by atoms with Gasteiger partial charge in [0.15, 0.2) is 0 Å². The second-order valence-corrected chi connectivity index (χ2v) is 5.60. The fraction of sp³-hybridized carbons (Fsp3) is 0.500. The number of carbonyl (C=O) groups is 1.